The van der Waals surface area contributed by atoms with Crippen molar-refractivity contribution in [2.75, 3.05) is 33.8 Å². The summed E-state index contributed by atoms with van der Waals surface area (Å²) in [7, 11) is 4.01. The number of aryl methyl sites for hydroxylation is 1. The van der Waals surface area contributed by atoms with Crippen LogP contribution in [-0.4, -0.2) is 67.6 Å². The molecule has 0 N–H and O–H groups in total. The van der Waals surface area contributed by atoms with E-state index in [4.69, 9.17) is 9.47 Å². The molecule has 6 nitrogen and oxygen atoms in total. The van der Waals surface area contributed by atoms with Gasteiger partial charge in [0.15, 0.2) is 0 Å². The molecule has 2 aromatic rings. The van der Waals surface area contributed by atoms with Crippen molar-refractivity contribution in [2.24, 2.45) is 11.8 Å². The molecule has 1 aliphatic heterocycles. The molecule has 41 heavy (non-hydrogen) atoms. The zero-order chi connectivity index (χ0) is 29.4. The van der Waals surface area contributed by atoms with Crippen LogP contribution in [0.1, 0.15) is 76.8 Å². The molecule has 0 spiro atoms. The van der Waals surface area contributed by atoms with E-state index in [1.54, 1.807) is 0 Å². The zero-order valence-electron chi connectivity index (χ0n) is 25.8. The van der Waals surface area contributed by atoms with Crippen LogP contribution in [0.15, 0.2) is 54.6 Å². The Morgan fingerprint density at radius 3 is 2.56 bits per heavy atom. The number of unbranched alkanes of at least 4 members (excludes halogenated alkanes) is 2. The molecular weight excluding hydrogens is 512 g/mol. The Kier molecular flexibility index (Phi) is 11.0. The van der Waals surface area contributed by atoms with Crippen molar-refractivity contribution in [3.8, 4) is 5.75 Å². The highest BCUT2D eigenvalue weighted by Crippen LogP contribution is 2.51. The number of rotatable bonds is 12. The van der Waals surface area contributed by atoms with Gasteiger partial charge in [0.25, 0.3) is 0 Å². The van der Waals surface area contributed by atoms with Crippen LogP contribution in [0, 0.1) is 11.8 Å². The standard InChI is InChI=1S/C35H50N2O4/c1-26(2)24-37(34(39)18-11-7-10-15-28-13-8-6-9-14-28)30-22-33(40-5)32-25-36(4)20-19-35(32,23-30)29-16-12-17-31(21-29)41-27(3)38/h6,8-9,12-14,16-17,21,26,30,32-33H,7,10-11,15,18-20,22-25H2,1-5H3/t30-,32+,33?,35+/m1/s1. The van der Waals surface area contributed by atoms with Crippen LogP contribution in [0.4, 0.5) is 0 Å². The fourth-order valence-electron chi connectivity index (χ4n) is 7.27. The Hall–Kier alpha value is -2.70. The first kappa shape index (κ1) is 31.2. The molecule has 1 amide bonds. The van der Waals surface area contributed by atoms with E-state index in [0.717, 1.165) is 64.6 Å². The number of hydrogen-bond acceptors (Lipinski definition) is 5. The van der Waals surface area contributed by atoms with Gasteiger partial charge in [0.05, 0.1) is 6.10 Å². The summed E-state index contributed by atoms with van der Waals surface area (Å²) in [5.41, 5.74) is 2.40. The Morgan fingerprint density at radius 2 is 1.85 bits per heavy atom. The van der Waals surface area contributed by atoms with E-state index in [1.165, 1.54) is 18.1 Å². The molecule has 4 atom stereocenters. The van der Waals surface area contributed by atoms with E-state index < -0.39 is 0 Å². The van der Waals surface area contributed by atoms with Gasteiger partial charge in [-0.25, -0.2) is 0 Å². The summed E-state index contributed by atoms with van der Waals surface area (Å²) in [4.78, 5) is 30.2. The van der Waals surface area contributed by atoms with Crippen molar-refractivity contribution in [1.29, 1.82) is 0 Å². The molecule has 0 aromatic heterocycles. The number of carbonyl (C=O) groups excluding carboxylic acids is 2. The quantitative estimate of drug-likeness (QED) is 0.173. The molecule has 1 saturated heterocycles. The molecule has 2 aliphatic rings. The molecule has 1 unspecified atom stereocenters. The molecule has 1 heterocycles. The van der Waals surface area contributed by atoms with Gasteiger partial charge in [0.1, 0.15) is 5.75 Å². The second kappa shape index (κ2) is 14.5. The van der Waals surface area contributed by atoms with Crippen molar-refractivity contribution in [1.82, 2.24) is 9.80 Å². The topological polar surface area (TPSA) is 59.1 Å². The van der Waals surface area contributed by atoms with Crippen molar-refractivity contribution < 1.29 is 19.1 Å². The number of ether oxygens (including phenoxy) is 2. The first-order valence-corrected chi connectivity index (χ1v) is 15.6. The third kappa shape index (κ3) is 7.98. The van der Waals surface area contributed by atoms with Crippen LogP contribution in [0.3, 0.4) is 0 Å². The van der Waals surface area contributed by atoms with Crippen LogP contribution >= 0.6 is 0 Å². The van der Waals surface area contributed by atoms with Gasteiger partial charge in [0.2, 0.25) is 5.91 Å². The first-order chi connectivity index (χ1) is 19.7. The average molecular weight is 563 g/mol. The van der Waals surface area contributed by atoms with Crippen LogP contribution < -0.4 is 4.74 Å². The lowest BCUT2D eigenvalue weighted by Gasteiger charge is -2.56. The number of esters is 1. The van der Waals surface area contributed by atoms with Crippen molar-refractivity contribution >= 4 is 11.9 Å². The molecule has 6 heteroatoms. The molecule has 1 aliphatic carbocycles. The highest BCUT2D eigenvalue weighted by Gasteiger charge is 2.53. The predicted octanol–water partition coefficient (Wildman–Crippen LogP) is 6.27. The largest absolute Gasteiger partial charge is 0.427 e. The van der Waals surface area contributed by atoms with Gasteiger partial charge in [-0.15, -0.1) is 0 Å². The number of benzene rings is 2. The monoisotopic (exact) mass is 562 g/mol. The second-order valence-electron chi connectivity index (χ2n) is 12.8. The summed E-state index contributed by atoms with van der Waals surface area (Å²) in [6.45, 7) is 8.54. The molecule has 2 fully saturated rings. The van der Waals surface area contributed by atoms with Crippen LogP contribution in [0.25, 0.3) is 0 Å². The third-order valence-corrected chi connectivity index (χ3v) is 9.21. The van der Waals surface area contributed by atoms with Gasteiger partial charge in [-0.1, -0.05) is 62.7 Å². The lowest BCUT2D eigenvalue weighted by atomic mass is 9.56. The molecule has 1 saturated carbocycles. The summed E-state index contributed by atoms with van der Waals surface area (Å²) in [5, 5.41) is 0. The maximum Gasteiger partial charge on any atom is 0.308 e. The van der Waals surface area contributed by atoms with E-state index in [0.29, 0.717) is 24.0 Å². The summed E-state index contributed by atoms with van der Waals surface area (Å²) >= 11 is 0. The number of methoxy groups -OCH3 is 1. The molecule has 2 aromatic carbocycles. The fourth-order valence-corrected chi connectivity index (χ4v) is 7.27. The minimum Gasteiger partial charge on any atom is -0.427 e. The molecular formula is C35H50N2O4. The van der Waals surface area contributed by atoms with Crippen LogP contribution in [0.5, 0.6) is 5.75 Å². The highest BCUT2D eigenvalue weighted by molar-refractivity contribution is 5.76. The number of fused-ring (bicyclic) bond motifs is 1. The van der Waals surface area contributed by atoms with E-state index >= 15 is 0 Å². The molecule has 0 bridgehead atoms. The summed E-state index contributed by atoms with van der Waals surface area (Å²) in [6.07, 6.45) is 7.53. The third-order valence-electron chi connectivity index (χ3n) is 9.21. The molecule has 0 radical (unpaired) electrons. The Bertz CT molecular complexity index is 1140. The van der Waals surface area contributed by atoms with Crippen LogP contribution in [0.2, 0.25) is 0 Å². The smallest absolute Gasteiger partial charge is 0.308 e. The Balaban J connectivity index is 1.54. The van der Waals surface area contributed by atoms with Crippen molar-refractivity contribution in [2.45, 2.75) is 89.7 Å². The lowest BCUT2D eigenvalue weighted by Crippen LogP contribution is -2.61. The van der Waals surface area contributed by atoms with Crippen LogP contribution in [-0.2, 0) is 26.2 Å². The number of hydrogen-bond donors (Lipinski definition) is 0. The summed E-state index contributed by atoms with van der Waals surface area (Å²) in [6, 6.07) is 18.8. The van der Waals surface area contributed by atoms with E-state index in [9.17, 15) is 9.59 Å². The summed E-state index contributed by atoms with van der Waals surface area (Å²) in [5.74, 6) is 1.23. The van der Waals surface area contributed by atoms with E-state index in [-0.39, 0.29) is 29.4 Å². The fraction of sp³-hybridized carbons (Fsp3) is 0.600. The van der Waals surface area contributed by atoms with Crippen molar-refractivity contribution in [3.05, 3.63) is 65.7 Å². The van der Waals surface area contributed by atoms with Gasteiger partial charge >= 0.3 is 5.97 Å². The predicted molar refractivity (Wildman–Crippen MR) is 164 cm³/mol. The minimum absolute atomic E-state index is 0.0437. The highest BCUT2D eigenvalue weighted by atomic mass is 16.5. The molecule has 224 valence electrons. The van der Waals surface area contributed by atoms with Gasteiger partial charge in [-0.2, -0.15) is 0 Å². The first-order valence-electron chi connectivity index (χ1n) is 15.6. The number of nitrogens with zero attached hydrogens (tertiary/aromatic N) is 2. The van der Waals surface area contributed by atoms with E-state index in [2.05, 4.69) is 73.2 Å². The summed E-state index contributed by atoms with van der Waals surface area (Å²) < 4.78 is 11.7. The normalized spacial score (nSPS) is 24.6. The molecule has 4 rings (SSSR count). The zero-order valence-corrected chi connectivity index (χ0v) is 25.8. The maximum atomic E-state index is 13.9. The van der Waals surface area contributed by atoms with Gasteiger partial charge in [-0.05, 0) is 81.3 Å². The number of amides is 1. The minimum atomic E-state index is -0.312. The second-order valence-corrected chi connectivity index (χ2v) is 12.8. The lowest BCUT2D eigenvalue weighted by molar-refractivity contribution is -0.140. The SMILES string of the molecule is COC1C[C@@H](N(CC(C)C)C(=O)CCCCCc2ccccc2)C[C@]2(c3cccc(OC(C)=O)c3)CCN(C)C[C@@H]12. The number of likely N-dealkylation sites (tertiary alicyclic amines) is 1. The van der Waals surface area contributed by atoms with Gasteiger partial charge < -0.3 is 19.3 Å². The maximum absolute atomic E-state index is 13.9. The van der Waals surface area contributed by atoms with E-state index in [1.807, 2.05) is 19.2 Å². The average Bonchev–Trinajstić information content (AvgIpc) is 2.95. The van der Waals surface area contributed by atoms with Crippen molar-refractivity contribution in [3.63, 3.8) is 0 Å². The number of carbonyl (C=O) groups is 2. The number of piperidine rings is 1. The van der Waals surface area contributed by atoms with Gasteiger partial charge in [0, 0.05) is 50.9 Å². The van der Waals surface area contributed by atoms with Gasteiger partial charge in [-0.3, -0.25) is 9.59 Å². The Labute approximate surface area is 247 Å². The Morgan fingerprint density at radius 1 is 1.07 bits per heavy atom.